The van der Waals surface area contributed by atoms with Crippen LogP contribution >= 0.6 is 15.9 Å². The molecule has 5 heteroatoms. The molecule has 0 fully saturated rings. The van der Waals surface area contributed by atoms with Crippen molar-refractivity contribution in [3.63, 3.8) is 0 Å². The molecule has 1 aliphatic rings. The molecule has 0 radical (unpaired) electrons. The molecule has 1 atom stereocenters. The molecule has 2 heterocycles. The van der Waals surface area contributed by atoms with E-state index in [1.807, 2.05) is 6.07 Å². The Labute approximate surface area is 103 Å². The fraction of sp³-hybridized carbons (Fsp3) is 0.455. The standard InChI is InChI=1S/C11H15BrN4/c1-6(2)9-5-15-11(16-9)10-8(13)3-7(12)4-14-10/h3-4,6,9H,5,13H2,1-2H3,(H,15,16). The Morgan fingerprint density at radius 3 is 2.88 bits per heavy atom. The van der Waals surface area contributed by atoms with Gasteiger partial charge in [-0.3, -0.25) is 4.99 Å². The number of halogens is 1. The molecule has 0 spiro atoms. The van der Waals surface area contributed by atoms with Crippen molar-refractivity contribution in [2.24, 2.45) is 10.9 Å². The predicted molar refractivity (Wildman–Crippen MR) is 69.5 cm³/mol. The highest BCUT2D eigenvalue weighted by atomic mass is 79.9. The van der Waals surface area contributed by atoms with E-state index in [1.54, 1.807) is 6.20 Å². The molecule has 0 amide bonds. The second-order valence-corrected chi connectivity index (χ2v) is 5.18. The number of rotatable bonds is 2. The van der Waals surface area contributed by atoms with Crippen LogP contribution in [-0.2, 0) is 0 Å². The molecule has 0 saturated carbocycles. The number of aliphatic imine (C=N–C) groups is 1. The summed E-state index contributed by atoms with van der Waals surface area (Å²) in [6, 6.07) is 2.16. The number of nitrogens with one attached hydrogen (secondary N) is 1. The van der Waals surface area contributed by atoms with Crippen molar-refractivity contribution in [3.8, 4) is 0 Å². The van der Waals surface area contributed by atoms with Gasteiger partial charge in [0, 0.05) is 17.2 Å². The van der Waals surface area contributed by atoms with Crippen LogP contribution in [-0.4, -0.2) is 23.4 Å². The first-order chi connectivity index (χ1) is 7.58. The predicted octanol–water partition coefficient (Wildman–Crippen LogP) is 1.80. The monoisotopic (exact) mass is 282 g/mol. The Hall–Kier alpha value is -1.10. The lowest BCUT2D eigenvalue weighted by Gasteiger charge is -2.07. The van der Waals surface area contributed by atoms with Crippen LogP contribution in [0.2, 0.25) is 0 Å². The quantitative estimate of drug-likeness (QED) is 0.870. The first-order valence-corrected chi connectivity index (χ1v) is 6.10. The Morgan fingerprint density at radius 1 is 1.56 bits per heavy atom. The normalized spacial score (nSPS) is 19.8. The molecule has 1 aromatic heterocycles. The van der Waals surface area contributed by atoms with Gasteiger partial charge in [0.2, 0.25) is 0 Å². The Kier molecular flexibility index (Phi) is 3.14. The van der Waals surface area contributed by atoms with E-state index in [0.717, 1.165) is 22.5 Å². The number of aromatic nitrogens is 1. The van der Waals surface area contributed by atoms with Crippen LogP contribution in [0.15, 0.2) is 21.7 Å². The van der Waals surface area contributed by atoms with Crippen LogP contribution in [0.4, 0.5) is 5.69 Å². The number of hydrogen-bond acceptors (Lipinski definition) is 4. The number of nitrogens with two attached hydrogens (primary N) is 1. The zero-order valence-corrected chi connectivity index (χ0v) is 11.0. The molecular formula is C11H15BrN4. The molecule has 4 nitrogen and oxygen atoms in total. The molecule has 1 aliphatic heterocycles. The van der Waals surface area contributed by atoms with Gasteiger partial charge in [0.15, 0.2) is 0 Å². The minimum absolute atomic E-state index is 0.319. The minimum atomic E-state index is 0.319. The molecule has 86 valence electrons. The van der Waals surface area contributed by atoms with Crippen molar-refractivity contribution in [3.05, 3.63) is 22.4 Å². The molecule has 3 N–H and O–H groups in total. The van der Waals surface area contributed by atoms with E-state index in [-0.39, 0.29) is 0 Å². The highest BCUT2D eigenvalue weighted by Gasteiger charge is 2.22. The first-order valence-electron chi connectivity index (χ1n) is 5.31. The van der Waals surface area contributed by atoms with Gasteiger partial charge < -0.3 is 11.1 Å². The van der Waals surface area contributed by atoms with Crippen LogP contribution in [0.1, 0.15) is 19.5 Å². The number of nitrogen functional groups attached to an aromatic ring is 1. The maximum absolute atomic E-state index is 5.91. The molecule has 1 unspecified atom stereocenters. The lowest BCUT2D eigenvalue weighted by molar-refractivity contribution is 0.512. The van der Waals surface area contributed by atoms with Gasteiger partial charge >= 0.3 is 0 Å². The molecular weight excluding hydrogens is 268 g/mol. The van der Waals surface area contributed by atoms with Gasteiger partial charge in [0.1, 0.15) is 11.5 Å². The third kappa shape index (κ3) is 2.19. The van der Waals surface area contributed by atoms with Crippen LogP contribution in [0.25, 0.3) is 0 Å². The molecule has 0 aromatic carbocycles. The smallest absolute Gasteiger partial charge is 0.149 e. The first kappa shape index (κ1) is 11.4. The van der Waals surface area contributed by atoms with Gasteiger partial charge in [0.05, 0.1) is 11.7 Å². The summed E-state index contributed by atoms with van der Waals surface area (Å²) >= 11 is 3.34. The fourth-order valence-electron chi connectivity index (χ4n) is 1.64. The summed E-state index contributed by atoms with van der Waals surface area (Å²) in [7, 11) is 0. The third-order valence-electron chi connectivity index (χ3n) is 2.65. The zero-order valence-electron chi connectivity index (χ0n) is 9.37. The van der Waals surface area contributed by atoms with Crippen LogP contribution < -0.4 is 11.1 Å². The fourth-order valence-corrected chi connectivity index (χ4v) is 1.99. The van der Waals surface area contributed by atoms with Gasteiger partial charge in [-0.05, 0) is 27.9 Å². The molecule has 0 bridgehead atoms. The number of pyridine rings is 1. The largest absolute Gasteiger partial charge is 0.397 e. The number of anilines is 1. The summed E-state index contributed by atoms with van der Waals surface area (Å²) in [5.41, 5.74) is 7.29. The second kappa shape index (κ2) is 4.41. The summed E-state index contributed by atoms with van der Waals surface area (Å²) in [5, 5.41) is 3.26. The van der Waals surface area contributed by atoms with Crippen molar-refractivity contribution < 1.29 is 0 Å². The van der Waals surface area contributed by atoms with Gasteiger partial charge in [-0.25, -0.2) is 4.98 Å². The van der Waals surface area contributed by atoms with Crippen molar-refractivity contribution in [1.82, 2.24) is 10.3 Å². The van der Waals surface area contributed by atoms with Crippen LogP contribution in [0.3, 0.4) is 0 Å². The van der Waals surface area contributed by atoms with Gasteiger partial charge in [-0.2, -0.15) is 0 Å². The van der Waals surface area contributed by atoms with E-state index < -0.39 is 0 Å². The summed E-state index contributed by atoms with van der Waals surface area (Å²) in [4.78, 5) is 8.88. The molecule has 0 saturated heterocycles. The lowest BCUT2D eigenvalue weighted by Crippen LogP contribution is -2.25. The highest BCUT2D eigenvalue weighted by Crippen LogP contribution is 2.19. The third-order valence-corrected chi connectivity index (χ3v) is 3.08. The zero-order chi connectivity index (χ0) is 11.7. The molecule has 2 rings (SSSR count). The highest BCUT2D eigenvalue weighted by molar-refractivity contribution is 9.10. The van der Waals surface area contributed by atoms with Crippen molar-refractivity contribution in [2.75, 3.05) is 12.3 Å². The van der Waals surface area contributed by atoms with Gasteiger partial charge in [-0.1, -0.05) is 13.8 Å². The number of amidine groups is 1. The lowest BCUT2D eigenvalue weighted by atomic mass is 10.1. The van der Waals surface area contributed by atoms with Crippen molar-refractivity contribution in [2.45, 2.75) is 19.9 Å². The van der Waals surface area contributed by atoms with E-state index in [1.165, 1.54) is 0 Å². The van der Waals surface area contributed by atoms with Crippen LogP contribution in [0, 0.1) is 5.92 Å². The molecule has 1 aromatic rings. The topological polar surface area (TPSA) is 63.3 Å². The Balaban J connectivity index is 2.29. The molecule has 16 heavy (non-hydrogen) atoms. The minimum Gasteiger partial charge on any atom is -0.397 e. The Bertz CT molecular complexity index is 428. The Morgan fingerprint density at radius 2 is 2.31 bits per heavy atom. The average molecular weight is 283 g/mol. The van der Waals surface area contributed by atoms with E-state index in [9.17, 15) is 0 Å². The van der Waals surface area contributed by atoms with Crippen molar-refractivity contribution in [1.29, 1.82) is 0 Å². The van der Waals surface area contributed by atoms with E-state index in [4.69, 9.17) is 5.73 Å². The maximum atomic E-state index is 5.91. The SMILES string of the molecule is CC(C)C1CNC(c2ncc(Br)cc2N)=N1. The summed E-state index contributed by atoms with van der Waals surface area (Å²) < 4.78 is 0.882. The summed E-state index contributed by atoms with van der Waals surface area (Å²) in [6.07, 6.45) is 1.73. The van der Waals surface area contributed by atoms with Gasteiger partial charge in [0.25, 0.3) is 0 Å². The van der Waals surface area contributed by atoms with E-state index in [2.05, 4.69) is 45.1 Å². The number of nitrogens with zero attached hydrogens (tertiary/aromatic N) is 2. The van der Waals surface area contributed by atoms with Crippen molar-refractivity contribution >= 4 is 27.5 Å². The van der Waals surface area contributed by atoms with E-state index >= 15 is 0 Å². The summed E-state index contributed by atoms with van der Waals surface area (Å²) in [6.45, 7) is 5.19. The molecule has 0 aliphatic carbocycles. The van der Waals surface area contributed by atoms with Gasteiger partial charge in [-0.15, -0.1) is 0 Å². The van der Waals surface area contributed by atoms with E-state index in [0.29, 0.717) is 17.6 Å². The number of hydrogen-bond donors (Lipinski definition) is 2. The maximum Gasteiger partial charge on any atom is 0.149 e. The second-order valence-electron chi connectivity index (χ2n) is 4.26. The average Bonchev–Trinajstić information content (AvgIpc) is 2.66. The van der Waals surface area contributed by atoms with Crippen LogP contribution in [0.5, 0.6) is 0 Å². The summed E-state index contributed by atoms with van der Waals surface area (Å²) in [5.74, 6) is 1.34.